The fourth-order valence-corrected chi connectivity index (χ4v) is 2.14. The van der Waals surface area contributed by atoms with Gasteiger partial charge in [0.05, 0.1) is 6.10 Å². The Hall–Kier alpha value is -1.91. The highest BCUT2D eigenvalue weighted by molar-refractivity contribution is 5.30. The number of rotatable bonds is 7. The van der Waals surface area contributed by atoms with Crippen LogP contribution in [0.1, 0.15) is 23.7 Å². The highest BCUT2D eigenvalue weighted by Crippen LogP contribution is 2.22. The van der Waals surface area contributed by atoms with Gasteiger partial charge in [-0.25, -0.2) is 4.39 Å². The molecule has 0 aliphatic carbocycles. The second-order valence-corrected chi connectivity index (χ2v) is 5.56. The second kappa shape index (κ2) is 7.92. The lowest BCUT2D eigenvalue weighted by molar-refractivity contribution is 0.153. The summed E-state index contributed by atoms with van der Waals surface area (Å²) in [6, 6.07) is 13.9. The van der Waals surface area contributed by atoms with Gasteiger partial charge >= 0.3 is 0 Å². The van der Waals surface area contributed by atoms with Crippen LogP contribution < -0.4 is 4.74 Å². The van der Waals surface area contributed by atoms with Crippen molar-refractivity contribution in [2.24, 2.45) is 0 Å². The molecule has 2 aromatic carbocycles. The molecular weight excluding hydrogens is 281 g/mol. The van der Waals surface area contributed by atoms with Gasteiger partial charge in [0.1, 0.15) is 18.2 Å². The Labute approximate surface area is 131 Å². The molecule has 0 saturated carbocycles. The van der Waals surface area contributed by atoms with E-state index in [9.17, 15) is 9.50 Å². The number of halogens is 1. The molecule has 0 aliphatic heterocycles. The lowest BCUT2D eigenvalue weighted by Crippen LogP contribution is -2.15. The SMILES string of the molecule is CN(C)CCC(O)c1cccc(OCc2ccccc2F)c1. The molecule has 0 radical (unpaired) electrons. The summed E-state index contributed by atoms with van der Waals surface area (Å²) >= 11 is 0. The second-order valence-electron chi connectivity index (χ2n) is 5.56. The molecule has 3 nitrogen and oxygen atoms in total. The lowest BCUT2D eigenvalue weighted by Gasteiger charge is -2.15. The van der Waals surface area contributed by atoms with Crippen LogP contribution in [0.3, 0.4) is 0 Å². The van der Waals surface area contributed by atoms with E-state index in [1.165, 1.54) is 6.07 Å². The quantitative estimate of drug-likeness (QED) is 0.851. The zero-order valence-electron chi connectivity index (χ0n) is 13.0. The Morgan fingerprint density at radius 1 is 1.14 bits per heavy atom. The summed E-state index contributed by atoms with van der Waals surface area (Å²) in [7, 11) is 3.95. The topological polar surface area (TPSA) is 32.7 Å². The summed E-state index contributed by atoms with van der Waals surface area (Å²) in [6.45, 7) is 0.978. The molecule has 22 heavy (non-hydrogen) atoms. The highest BCUT2D eigenvalue weighted by atomic mass is 19.1. The number of aliphatic hydroxyl groups excluding tert-OH is 1. The van der Waals surface area contributed by atoms with Gasteiger partial charge in [-0.1, -0.05) is 30.3 Å². The van der Waals surface area contributed by atoms with E-state index in [0.29, 0.717) is 17.7 Å². The van der Waals surface area contributed by atoms with Crippen LogP contribution in [0.25, 0.3) is 0 Å². The van der Waals surface area contributed by atoms with Crippen molar-refractivity contribution < 1.29 is 14.2 Å². The molecule has 1 N–H and O–H groups in total. The molecule has 0 spiro atoms. The molecular formula is C18H22FNO2. The van der Waals surface area contributed by atoms with Crippen molar-refractivity contribution in [2.75, 3.05) is 20.6 Å². The molecule has 0 aromatic heterocycles. The average Bonchev–Trinajstić information content (AvgIpc) is 2.52. The largest absolute Gasteiger partial charge is 0.489 e. The van der Waals surface area contributed by atoms with Gasteiger partial charge in [0, 0.05) is 12.1 Å². The van der Waals surface area contributed by atoms with Crippen LogP contribution in [0.4, 0.5) is 4.39 Å². The Morgan fingerprint density at radius 2 is 1.91 bits per heavy atom. The number of hydrogen-bond acceptors (Lipinski definition) is 3. The monoisotopic (exact) mass is 303 g/mol. The third-order valence-corrected chi connectivity index (χ3v) is 3.44. The van der Waals surface area contributed by atoms with Crippen molar-refractivity contribution in [3.8, 4) is 5.75 Å². The van der Waals surface area contributed by atoms with Gasteiger partial charge in [-0.2, -0.15) is 0 Å². The smallest absolute Gasteiger partial charge is 0.129 e. The van der Waals surface area contributed by atoms with Gasteiger partial charge in [-0.05, 0) is 44.3 Å². The first-order valence-electron chi connectivity index (χ1n) is 7.35. The zero-order valence-corrected chi connectivity index (χ0v) is 13.0. The Kier molecular flexibility index (Phi) is 5.92. The van der Waals surface area contributed by atoms with Gasteiger partial charge in [-0.15, -0.1) is 0 Å². The van der Waals surface area contributed by atoms with Crippen molar-refractivity contribution in [2.45, 2.75) is 19.1 Å². The average molecular weight is 303 g/mol. The van der Waals surface area contributed by atoms with Gasteiger partial charge in [0.15, 0.2) is 0 Å². The maximum atomic E-state index is 13.6. The standard InChI is InChI=1S/C18H22FNO2/c1-20(2)11-10-18(21)14-7-5-8-16(12-14)22-13-15-6-3-4-9-17(15)19/h3-9,12,18,21H,10-11,13H2,1-2H3. The van der Waals surface area contributed by atoms with Gasteiger partial charge < -0.3 is 14.7 Å². The molecule has 1 atom stereocenters. The lowest BCUT2D eigenvalue weighted by atomic mass is 10.1. The minimum atomic E-state index is -0.528. The van der Waals surface area contributed by atoms with Crippen molar-refractivity contribution in [1.29, 1.82) is 0 Å². The van der Waals surface area contributed by atoms with E-state index >= 15 is 0 Å². The minimum Gasteiger partial charge on any atom is -0.489 e. The van der Waals surface area contributed by atoms with E-state index in [4.69, 9.17) is 4.74 Å². The molecule has 2 rings (SSSR count). The van der Waals surface area contributed by atoms with Gasteiger partial charge in [0.25, 0.3) is 0 Å². The van der Waals surface area contributed by atoms with E-state index in [2.05, 4.69) is 0 Å². The third-order valence-electron chi connectivity index (χ3n) is 3.44. The van der Waals surface area contributed by atoms with Gasteiger partial charge in [0.2, 0.25) is 0 Å². The summed E-state index contributed by atoms with van der Waals surface area (Å²) in [6.07, 6.45) is 0.128. The maximum Gasteiger partial charge on any atom is 0.129 e. The first kappa shape index (κ1) is 16.5. The molecule has 0 heterocycles. The molecule has 4 heteroatoms. The number of benzene rings is 2. The van der Waals surface area contributed by atoms with E-state index in [-0.39, 0.29) is 12.4 Å². The summed E-state index contributed by atoms with van der Waals surface area (Å²) in [5.41, 5.74) is 1.33. The molecule has 0 aliphatic rings. The Bertz CT molecular complexity index is 601. The summed E-state index contributed by atoms with van der Waals surface area (Å²) in [5.74, 6) is 0.356. The summed E-state index contributed by atoms with van der Waals surface area (Å²) < 4.78 is 19.2. The first-order valence-corrected chi connectivity index (χ1v) is 7.35. The van der Waals surface area contributed by atoms with Crippen molar-refractivity contribution in [3.63, 3.8) is 0 Å². The molecule has 0 amide bonds. The fraction of sp³-hybridized carbons (Fsp3) is 0.333. The van der Waals surface area contributed by atoms with Crippen LogP contribution in [0.2, 0.25) is 0 Å². The fourth-order valence-electron chi connectivity index (χ4n) is 2.14. The third kappa shape index (κ3) is 4.83. The number of hydrogen-bond donors (Lipinski definition) is 1. The Balaban J connectivity index is 1.98. The molecule has 0 bridgehead atoms. The minimum absolute atomic E-state index is 0.171. The maximum absolute atomic E-state index is 13.6. The van der Waals surface area contributed by atoms with E-state index in [0.717, 1.165) is 12.1 Å². The predicted molar refractivity (Wildman–Crippen MR) is 85.3 cm³/mol. The van der Waals surface area contributed by atoms with E-state index in [1.54, 1.807) is 24.3 Å². The van der Waals surface area contributed by atoms with Crippen LogP contribution in [0, 0.1) is 5.82 Å². The first-order chi connectivity index (χ1) is 10.6. The van der Waals surface area contributed by atoms with Crippen LogP contribution in [-0.2, 0) is 6.61 Å². The van der Waals surface area contributed by atoms with Crippen molar-refractivity contribution in [1.82, 2.24) is 4.90 Å². The molecule has 1 unspecified atom stereocenters. The molecule has 0 fully saturated rings. The van der Waals surface area contributed by atoms with Gasteiger partial charge in [-0.3, -0.25) is 0 Å². The summed E-state index contributed by atoms with van der Waals surface area (Å²) in [5, 5.41) is 10.2. The van der Waals surface area contributed by atoms with Crippen molar-refractivity contribution >= 4 is 0 Å². The number of nitrogens with zero attached hydrogens (tertiary/aromatic N) is 1. The number of ether oxygens (including phenoxy) is 1. The van der Waals surface area contributed by atoms with Crippen LogP contribution in [0.5, 0.6) is 5.75 Å². The molecule has 0 saturated heterocycles. The molecule has 118 valence electrons. The van der Waals surface area contributed by atoms with E-state index < -0.39 is 6.10 Å². The predicted octanol–water partition coefficient (Wildman–Crippen LogP) is 3.39. The van der Waals surface area contributed by atoms with E-state index in [1.807, 2.05) is 37.2 Å². The normalized spacial score (nSPS) is 12.4. The summed E-state index contributed by atoms with van der Waals surface area (Å²) in [4.78, 5) is 2.03. The zero-order chi connectivity index (χ0) is 15.9. The molecule has 2 aromatic rings. The van der Waals surface area contributed by atoms with Crippen LogP contribution in [0.15, 0.2) is 48.5 Å². The number of aliphatic hydroxyl groups is 1. The highest BCUT2D eigenvalue weighted by Gasteiger charge is 2.09. The van der Waals surface area contributed by atoms with Crippen LogP contribution >= 0.6 is 0 Å². The Morgan fingerprint density at radius 3 is 2.64 bits per heavy atom. The van der Waals surface area contributed by atoms with Crippen molar-refractivity contribution in [3.05, 3.63) is 65.5 Å². The van der Waals surface area contributed by atoms with Crippen LogP contribution in [-0.4, -0.2) is 30.6 Å².